The van der Waals surface area contributed by atoms with Crippen LogP contribution in [0.5, 0.6) is 5.88 Å². The molecule has 0 aliphatic rings. The molecule has 2 N–H and O–H groups in total. The number of thiophene rings is 1. The van der Waals surface area contributed by atoms with E-state index in [1.807, 2.05) is 16.0 Å². The van der Waals surface area contributed by atoms with Gasteiger partial charge in [0.2, 0.25) is 11.8 Å². The van der Waals surface area contributed by atoms with Gasteiger partial charge >= 0.3 is 0 Å². The molecule has 0 aliphatic carbocycles. The van der Waals surface area contributed by atoms with Crippen molar-refractivity contribution in [2.75, 3.05) is 12.3 Å². The topological polar surface area (TPSA) is 88.1 Å². The number of imidazole rings is 1. The number of nitrogen functional groups attached to an aromatic ring is 1. The second-order valence-corrected chi connectivity index (χ2v) is 8.51. The Kier molecular flexibility index (Phi) is 8.05. The van der Waals surface area contributed by atoms with Crippen LogP contribution < -0.4 is 10.5 Å². The number of ether oxygens (including phenoxy) is 2. The molecule has 0 saturated heterocycles. The SMILES string of the molecule is CCCCCCCCOCn1cnc2c(OCc3cc(Br)cs3)nc(N)nc21. The number of hydrogen-bond donors (Lipinski definition) is 1. The summed E-state index contributed by atoms with van der Waals surface area (Å²) in [5.41, 5.74) is 7.08. The molecular formula is C19H26BrN5O2S. The van der Waals surface area contributed by atoms with Gasteiger partial charge < -0.3 is 15.2 Å². The molecule has 0 bridgehead atoms. The first-order chi connectivity index (χ1) is 13.7. The fraction of sp³-hybridized carbons (Fsp3) is 0.526. The number of nitrogens with zero attached hydrogens (tertiary/aromatic N) is 4. The molecule has 9 heteroatoms. The van der Waals surface area contributed by atoms with E-state index in [9.17, 15) is 0 Å². The van der Waals surface area contributed by atoms with Gasteiger partial charge in [-0.15, -0.1) is 11.3 Å². The van der Waals surface area contributed by atoms with Crippen LogP contribution in [0.1, 0.15) is 50.3 Å². The zero-order valence-corrected chi connectivity index (χ0v) is 18.5. The number of rotatable bonds is 12. The molecule has 3 aromatic heterocycles. The maximum atomic E-state index is 5.87. The Bertz CT molecular complexity index is 882. The lowest BCUT2D eigenvalue weighted by molar-refractivity contribution is 0.0760. The Balaban J connectivity index is 1.55. The average molecular weight is 468 g/mol. The fourth-order valence-electron chi connectivity index (χ4n) is 2.85. The van der Waals surface area contributed by atoms with Gasteiger partial charge in [0.1, 0.15) is 13.3 Å². The number of nitrogens with two attached hydrogens (primary N) is 1. The minimum atomic E-state index is 0.160. The van der Waals surface area contributed by atoms with E-state index in [1.165, 1.54) is 32.1 Å². The summed E-state index contributed by atoms with van der Waals surface area (Å²) in [6, 6.07) is 2.01. The summed E-state index contributed by atoms with van der Waals surface area (Å²) >= 11 is 5.06. The summed E-state index contributed by atoms with van der Waals surface area (Å²) in [4.78, 5) is 14.0. The van der Waals surface area contributed by atoms with Crippen LogP contribution in [0.3, 0.4) is 0 Å². The lowest BCUT2D eigenvalue weighted by atomic mass is 10.1. The summed E-state index contributed by atoms with van der Waals surface area (Å²) in [5.74, 6) is 0.550. The highest BCUT2D eigenvalue weighted by atomic mass is 79.9. The number of anilines is 1. The molecule has 0 spiro atoms. The summed E-state index contributed by atoms with van der Waals surface area (Å²) < 4.78 is 14.5. The molecule has 3 rings (SSSR count). The van der Waals surface area contributed by atoms with Crippen molar-refractivity contribution >= 4 is 44.4 Å². The molecule has 152 valence electrons. The van der Waals surface area contributed by atoms with E-state index < -0.39 is 0 Å². The normalized spacial score (nSPS) is 11.4. The summed E-state index contributed by atoms with van der Waals surface area (Å²) in [5, 5.41) is 2.01. The van der Waals surface area contributed by atoms with E-state index in [-0.39, 0.29) is 5.95 Å². The fourth-order valence-corrected chi connectivity index (χ4v) is 4.21. The molecule has 0 radical (unpaired) electrons. The van der Waals surface area contributed by atoms with Crippen molar-refractivity contribution in [3.63, 3.8) is 0 Å². The maximum absolute atomic E-state index is 5.87. The molecule has 0 fully saturated rings. The first-order valence-corrected chi connectivity index (χ1v) is 11.3. The van der Waals surface area contributed by atoms with Gasteiger partial charge in [-0.3, -0.25) is 4.57 Å². The van der Waals surface area contributed by atoms with Gasteiger partial charge in [-0.2, -0.15) is 9.97 Å². The smallest absolute Gasteiger partial charge is 0.247 e. The summed E-state index contributed by atoms with van der Waals surface area (Å²) in [7, 11) is 0. The average Bonchev–Trinajstić information content (AvgIpc) is 3.28. The third-order valence-corrected chi connectivity index (χ3v) is 5.97. The summed E-state index contributed by atoms with van der Waals surface area (Å²) in [6.07, 6.45) is 9.13. The third-order valence-electron chi connectivity index (χ3n) is 4.29. The predicted molar refractivity (Wildman–Crippen MR) is 115 cm³/mol. The minimum absolute atomic E-state index is 0.160. The maximum Gasteiger partial charge on any atom is 0.247 e. The Morgan fingerprint density at radius 3 is 2.79 bits per heavy atom. The molecule has 7 nitrogen and oxygen atoms in total. The molecular weight excluding hydrogens is 442 g/mol. The second-order valence-electron chi connectivity index (χ2n) is 6.60. The first-order valence-electron chi connectivity index (χ1n) is 9.59. The second kappa shape index (κ2) is 10.7. The van der Waals surface area contributed by atoms with Crippen LogP contribution >= 0.6 is 27.3 Å². The van der Waals surface area contributed by atoms with Gasteiger partial charge in [0, 0.05) is 21.3 Å². The van der Waals surface area contributed by atoms with Crippen LogP contribution in [0.25, 0.3) is 11.2 Å². The molecule has 0 aliphatic heterocycles. The van der Waals surface area contributed by atoms with Gasteiger partial charge in [-0.25, -0.2) is 4.98 Å². The van der Waals surface area contributed by atoms with Crippen molar-refractivity contribution in [3.8, 4) is 5.88 Å². The van der Waals surface area contributed by atoms with Crippen LogP contribution in [0.2, 0.25) is 0 Å². The number of halogens is 1. The van der Waals surface area contributed by atoms with Crippen LogP contribution in [0.4, 0.5) is 5.95 Å². The van der Waals surface area contributed by atoms with Gasteiger partial charge in [0.25, 0.3) is 0 Å². The Morgan fingerprint density at radius 1 is 1.18 bits per heavy atom. The first kappa shape index (κ1) is 21.0. The number of unbranched alkanes of at least 4 members (excludes halogenated alkanes) is 5. The molecule has 0 aromatic carbocycles. The summed E-state index contributed by atoms with van der Waals surface area (Å²) in [6.45, 7) is 3.75. The molecule has 0 unspecified atom stereocenters. The monoisotopic (exact) mass is 467 g/mol. The third kappa shape index (κ3) is 5.89. The van der Waals surface area contributed by atoms with Crippen LogP contribution in [-0.4, -0.2) is 26.1 Å². The van der Waals surface area contributed by atoms with Crippen molar-refractivity contribution in [3.05, 3.63) is 27.1 Å². The highest BCUT2D eigenvalue weighted by molar-refractivity contribution is 9.10. The van der Waals surface area contributed by atoms with E-state index in [0.29, 0.717) is 30.4 Å². The minimum Gasteiger partial charge on any atom is -0.470 e. The van der Waals surface area contributed by atoms with E-state index in [2.05, 4.69) is 37.8 Å². The zero-order valence-electron chi connectivity index (χ0n) is 16.1. The molecule has 3 heterocycles. The van der Waals surface area contributed by atoms with Crippen LogP contribution in [-0.2, 0) is 18.1 Å². The number of fused-ring (bicyclic) bond motifs is 1. The molecule has 0 atom stereocenters. The predicted octanol–water partition coefficient (Wildman–Crippen LogP) is 5.15. The Labute approximate surface area is 177 Å². The number of hydrogen-bond acceptors (Lipinski definition) is 7. The van der Waals surface area contributed by atoms with Gasteiger partial charge in [-0.05, 0) is 28.4 Å². The van der Waals surface area contributed by atoms with E-state index in [4.69, 9.17) is 15.2 Å². The van der Waals surface area contributed by atoms with E-state index in [0.717, 1.165) is 22.4 Å². The molecule has 0 amide bonds. The van der Waals surface area contributed by atoms with E-state index in [1.54, 1.807) is 17.7 Å². The van der Waals surface area contributed by atoms with E-state index >= 15 is 0 Å². The quantitative estimate of drug-likeness (QED) is 0.370. The highest BCUT2D eigenvalue weighted by Crippen LogP contribution is 2.25. The zero-order chi connectivity index (χ0) is 19.8. The lowest BCUT2D eigenvalue weighted by Gasteiger charge is -2.08. The Hall–Kier alpha value is -1.71. The van der Waals surface area contributed by atoms with Gasteiger partial charge in [0.05, 0.1) is 6.33 Å². The molecule has 28 heavy (non-hydrogen) atoms. The van der Waals surface area contributed by atoms with Crippen molar-refractivity contribution in [1.29, 1.82) is 0 Å². The Morgan fingerprint density at radius 2 is 2.00 bits per heavy atom. The lowest BCUT2D eigenvalue weighted by Crippen LogP contribution is -2.06. The van der Waals surface area contributed by atoms with Crippen LogP contribution in [0.15, 0.2) is 22.2 Å². The molecule has 3 aromatic rings. The van der Waals surface area contributed by atoms with Crippen molar-refractivity contribution in [2.45, 2.75) is 58.8 Å². The van der Waals surface area contributed by atoms with Crippen molar-refractivity contribution < 1.29 is 9.47 Å². The number of aromatic nitrogens is 4. The van der Waals surface area contributed by atoms with Crippen molar-refractivity contribution in [1.82, 2.24) is 19.5 Å². The van der Waals surface area contributed by atoms with Gasteiger partial charge in [-0.1, -0.05) is 39.0 Å². The van der Waals surface area contributed by atoms with Gasteiger partial charge in [0.15, 0.2) is 11.2 Å². The van der Waals surface area contributed by atoms with Crippen molar-refractivity contribution in [2.24, 2.45) is 0 Å². The molecule has 0 saturated carbocycles. The standard InChI is InChI=1S/C19H26BrN5O2S/c1-2-3-4-5-6-7-8-26-13-25-12-22-16-17(25)23-19(21)24-18(16)27-10-15-9-14(20)11-28-15/h9,11-12H,2-8,10,13H2,1H3,(H2,21,23,24). The largest absolute Gasteiger partial charge is 0.470 e. The highest BCUT2D eigenvalue weighted by Gasteiger charge is 2.14. The van der Waals surface area contributed by atoms with Crippen LogP contribution in [0, 0.1) is 0 Å².